The molecule has 0 rings (SSSR count). The molecular formula is C13H23N3O4. The standard InChI is InChI=1S/C13H23N3O4/c1-11(5-3-6-12(17)18)15-13(19)16(8-4-7-14)9-10-20-2/h11H,3-6,8-10H2,1-2H3,(H,15,19)(H,17,18). The Bertz CT molecular complexity index is 341. The second-order valence-electron chi connectivity index (χ2n) is 4.52. The molecule has 1 atom stereocenters. The molecule has 0 heterocycles. The summed E-state index contributed by atoms with van der Waals surface area (Å²) in [5.41, 5.74) is 0. The molecule has 0 aliphatic rings. The number of urea groups is 1. The number of nitrogens with one attached hydrogen (secondary N) is 1. The lowest BCUT2D eigenvalue weighted by Gasteiger charge is -2.24. The molecule has 0 aromatic heterocycles. The number of carbonyl (C=O) groups is 2. The average Bonchev–Trinajstić information content (AvgIpc) is 2.38. The number of rotatable bonds is 10. The summed E-state index contributed by atoms with van der Waals surface area (Å²) in [5, 5.41) is 19.9. The van der Waals surface area contributed by atoms with E-state index < -0.39 is 5.97 Å². The fourth-order valence-electron chi connectivity index (χ4n) is 1.64. The zero-order valence-corrected chi connectivity index (χ0v) is 12.1. The molecule has 0 aliphatic carbocycles. The third kappa shape index (κ3) is 9.16. The van der Waals surface area contributed by atoms with Crippen LogP contribution in [-0.2, 0) is 9.53 Å². The van der Waals surface area contributed by atoms with Gasteiger partial charge in [-0.05, 0) is 19.8 Å². The van der Waals surface area contributed by atoms with Gasteiger partial charge in [-0.2, -0.15) is 5.26 Å². The van der Waals surface area contributed by atoms with E-state index in [-0.39, 0.29) is 24.9 Å². The number of nitriles is 1. The van der Waals surface area contributed by atoms with Gasteiger partial charge in [0.15, 0.2) is 0 Å². The molecule has 0 bridgehead atoms. The average molecular weight is 285 g/mol. The molecule has 114 valence electrons. The van der Waals surface area contributed by atoms with E-state index in [1.807, 2.05) is 13.0 Å². The number of nitrogens with zero attached hydrogens (tertiary/aromatic N) is 2. The minimum atomic E-state index is -0.834. The van der Waals surface area contributed by atoms with Crippen LogP contribution in [0.4, 0.5) is 4.79 Å². The molecule has 1 unspecified atom stereocenters. The van der Waals surface area contributed by atoms with Crippen molar-refractivity contribution < 1.29 is 19.4 Å². The van der Waals surface area contributed by atoms with E-state index in [4.69, 9.17) is 15.1 Å². The molecule has 0 fully saturated rings. The molecule has 7 heteroatoms. The number of amides is 2. The van der Waals surface area contributed by atoms with E-state index in [0.717, 1.165) is 0 Å². The molecule has 0 saturated carbocycles. The van der Waals surface area contributed by atoms with Crippen LogP contribution in [0.25, 0.3) is 0 Å². The van der Waals surface area contributed by atoms with Crippen LogP contribution < -0.4 is 5.32 Å². The smallest absolute Gasteiger partial charge is 0.317 e. The van der Waals surface area contributed by atoms with Gasteiger partial charge in [-0.25, -0.2) is 4.79 Å². The zero-order chi connectivity index (χ0) is 15.4. The number of carbonyl (C=O) groups excluding carboxylic acids is 1. The first-order valence-electron chi connectivity index (χ1n) is 6.64. The zero-order valence-electron chi connectivity index (χ0n) is 12.1. The molecule has 0 aromatic rings. The highest BCUT2D eigenvalue weighted by molar-refractivity contribution is 5.74. The summed E-state index contributed by atoms with van der Waals surface area (Å²) in [5.74, 6) is -0.834. The molecular weight excluding hydrogens is 262 g/mol. The number of aliphatic carboxylic acids is 1. The number of carboxylic acids is 1. The van der Waals surface area contributed by atoms with Crippen LogP contribution in [-0.4, -0.2) is 54.9 Å². The monoisotopic (exact) mass is 285 g/mol. The lowest BCUT2D eigenvalue weighted by Crippen LogP contribution is -2.45. The number of methoxy groups -OCH3 is 1. The van der Waals surface area contributed by atoms with E-state index in [0.29, 0.717) is 32.5 Å². The minimum absolute atomic E-state index is 0.0992. The highest BCUT2D eigenvalue weighted by Gasteiger charge is 2.15. The highest BCUT2D eigenvalue weighted by Crippen LogP contribution is 2.02. The van der Waals surface area contributed by atoms with Crippen molar-refractivity contribution in [2.45, 2.75) is 38.6 Å². The number of hydrogen-bond acceptors (Lipinski definition) is 4. The molecule has 7 nitrogen and oxygen atoms in total. The first-order chi connectivity index (χ1) is 9.51. The fourth-order valence-corrected chi connectivity index (χ4v) is 1.64. The van der Waals surface area contributed by atoms with Gasteiger partial charge in [-0.3, -0.25) is 4.79 Å². The van der Waals surface area contributed by atoms with Crippen molar-refractivity contribution in [2.75, 3.05) is 26.8 Å². The van der Waals surface area contributed by atoms with Gasteiger partial charge in [0.2, 0.25) is 0 Å². The number of carboxylic acid groups (broad SMARTS) is 1. The summed E-state index contributed by atoms with van der Waals surface area (Å²) in [6.07, 6.45) is 1.49. The quantitative estimate of drug-likeness (QED) is 0.628. The third-order valence-corrected chi connectivity index (χ3v) is 2.74. The van der Waals surface area contributed by atoms with Crippen molar-refractivity contribution in [3.63, 3.8) is 0 Å². The summed E-state index contributed by atoms with van der Waals surface area (Å²) in [6.45, 7) is 3.02. The van der Waals surface area contributed by atoms with Gasteiger partial charge in [-0.15, -0.1) is 0 Å². The molecule has 20 heavy (non-hydrogen) atoms. The Balaban J connectivity index is 4.14. The van der Waals surface area contributed by atoms with Gasteiger partial charge >= 0.3 is 12.0 Å². The van der Waals surface area contributed by atoms with Gasteiger partial charge in [-0.1, -0.05) is 0 Å². The topological polar surface area (TPSA) is 103 Å². The van der Waals surface area contributed by atoms with Crippen LogP contribution in [0, 0.1) is 11.3 Å². The summed E-state index contributed by atoms with van der Waals surface area (Å²) < 4.78 is 4.93. The van der Waals surface area contributed by atoms with Crippen molar-refractivity contribution in [2.24, 2.45) is 0 Å². The van der Waals surface area contributed by atoms with Crippen molar-refractivity contribution in [1.29, 1.82) is 5.26 Å². The lowest BCUT2D eigenvalue weighted by molar-refractivity contribution is -0.137. The molecule has 0 aliphatic heterocycles. The maximum atomic E-state index is 12.0. The predicted octanol–water partition coefficient (Wildman–Crippen LogP) is 1.20. The van der Waals surface area contributed by atoms with E-state index in [1.165, 1.54) is 4.90 Å². The minimum Gasteiger partial charge on any atom is -0.481 e. The second-order valence-corrected chi connectivity index (χ2v) is 4.52. The van der Waals surface area contributed by atoms with Crippen LogP contribution in [0.2, 0.25) is 0 Å². The Labute approximate surface area is 119 Å². The molecule has 2 N–H and O–H groups in total. The Morgan fingerprint density at radius 2 is 2.15 bits per heavy atom. The molecule has 2 amide bonds. The molecule has 0 spiro atoms. The Kier molecular flexibility index (Phi) is 10.1. The van der Waals surface area contributed by atoms with Crippen LogP contribution in [0.15, 0.2) is 0 Å². The van der Waals surface area contributed by atoms with Crippen molar-refractivity contribution in [3.05, 3.63) is 0 Å². The molecule has 0 saturated heterocycles. The van der Waals surface area contributed by atoms with Gasteiger partial charge < -0.3 is 20.1 Å². The van der Waals surface area contributed by atoms with E-state index >= 15 is 0 Å². The normalized spacial score (nSPS) is 11.4. The van der Waals surface area contributed by atoms with Crippen LogP contribution in [0.3, 0.4) is 0 Å². The lowest BCUT2D eigenvalue weighted by atomic mass is 10.1. The summed E-state index contributed by atoms with van der Waals surface area (Å²) in [7, 11) is 1.55. The second kappa shape index (κ2) is 11.1. The SMILES string of the molecule is COCCN(CCC#N)C(=O)NC(C)CCCC(=O)O. The van der Waals surface area contributed by atoms with Gasteiger partial charge in [0, 0.05) is 32.7 Å². The van der Waals surface area contributed by atoms with Gasteiger partial charge in [0.25, 0.3) is 0 Å². The summed E-state index contributed by atoms with van der Waals surface area (Å²) in [6, 6.07) is 1.65. The summed E-state index contributed by atoms with van der Waals surface area (Å²) in [4.78, 5) is 23.9. The Hall–Kier alpha value is -1.81. The third-order valence-electron chi connectivity index (χ3n) is 2.74. The molecule has 0 radical (unpaired) electrons. The van der Waals surface area contributed by atoms with Crippen molar-refractivity contribution in [3.8, 4) is 6.07 Å². The first kappa shape index (κ1) is 18.2. The van der Waals surface area contributed by atoms with Crippen LogP contribution in [0.5, 0.6) is 0 Å². The number of ether oxygens (including phenoxy) is 1. The molecule has 0 aromatic carbocycles. The van der Waals surface area contributed by atoms with Crippen molar-refractivity contribution in [1.82, 2.24) is 10.2 Å². The maximum Gasteiger partial charge on any atom is 0.317 e. The van der Waals surface area contributed by atoms with E-state index in [1.54, 1.807) is 7.11 Å². The highest BCUT2D eigenvalue weighted by atomic mass is 16.5. The van der Waals surface area contributed by atoms with E-state index in [2.05, 4.69) is 5.32 Å². The Morgan fingerprint density at radius 3 is 2.70 bits per heavy atom. The van der Waals surface area contributed by atoms with Crippen molar-refractivity contribution >= 4 is 12.0 Å². The largest absolute Gasteiger partial charge is 0.481 e. The van der Waals surface area contributed by atoms with Crippen LogP contribution >= 0.6 is 0 Å². The van der Waals surface area contributed by atoms with Crippen LogP contribution in [0.1, 0.15) is 32.6 Å². The maximum absolute atomic E-state index is 12.0. The van der Waals surface area contributed by atoms with Gasteiger partial charge in [0.05, 0.1) is 19.1 Å². The predicted molar refractivity (Wildman–Crippen MR) is 73.2 cm³/mol. The fraction of sp³-hybridized carbons (Fsp3) is 0.769. The van der Waals surface area contributed by atoms with Gasteiger partial charge in [0.1, 0.15) is 0 Å². The van der Waals surface area contributed by atoms with E-state index in [9.17, 15) is 9.59 Å². The Morgan fingerprint density at radius 1 is 1.45 bits per heavy atom. The first-order valence-corrected chi connectivity index (χ1v) is 6.64. The number of hydrogen-bond donors (Lipinski definition) is 2. The summed E-state index contributed by atoms with van der Waals surface area (Å²) >= 11 is 0.